The fourth-order valence-electron chi connectivity index (χ4n) is 2.00. The number of rotatable bonds is 3. The molecule has 2 rings (SSSR count). The van der Waals surface area contributed by atoms with Crippen LogP contribution in [0.1, 0.15) is 25.3 Å². The first kappa shape index (κ1) is 8.82. The maximum Gasteiger partial charge on any atom is 0.0223 e. The van der Waals surface area contributed by atoms with Gasteiger partial charge in [0, 0.05) is 32.0 Å². The number of aryl methyl sites for hydroxylation is 1. The number of aromatic nitrogens is 1. The summed E-state index contributed by atoms with van der Waals surface area (Å²) in [5, 5.41) is 3.57. The third kappa shape index (κ3) is 2.13. The van der Waals surface area contributed by atoms with Gasteiger partial charge in [-0.3, -0.25) is 0 Å². The van der Waals surface area contributed by atoms with Crippen molar-refractivity contribution in [3.63, 3.8) is 0 Å². The molecule has 1 saturated carbocycles. The lowest BCUT2D eigenvalue weighted by atomic mass is 9.82. The van der Waals surface area contributed by atoms with Gasteiger partial charge >= 0.3 is 0 Å². The summed E-state index contributed by atoms with van der Waals surface area (Å²) in [5.74, 6) is 0.938. The van der Waals surface area contributed by atoms with E-state index in [0.717, 1.165) is 18.5 Å². The fourth-order valence-corrected chi connectivity index (χ4v) is 2.00. The van der Waals surface area contributed by atoms with E-state index in [1.807, 2.05) is 0 Å². The van der Waals surface area contributed by atoms with E-state index in [1.165, 1.54) is 18.4 Å². The average molecular weight is 178 g/mol. The van der Waals surface area contributed by atoms with Crippen LogP contribution in [0.5, 0.6) is 0 Å². The van der Waals surface area contributed by atoms with Gasteiger partial charge in [0.2, 0.25) is 0 Å². The Balaban J connectivity index is 1.74. The topological polar surface area (TPSA) is 17.0 Å². The number of hydrogen-bond acceptors (Lipinski definition) is 1. The second kappa shape index (κ2) is 3.54. The lowest BCUT2D eigenvalue weighted by Gasteiger charge is -2.33. The third-order valence-electron chi connectivity index (χ3n) is 2.86. The summed E-state index contributed by atoms with van der Waals surface area (Å²) in [4.78, 5) is 0. The highest BCUT2D eigenvalue weighted by molar-refractivity contribution is 5.09. The highest BCUT2D eigenvalue weighted by Crippen LogP contribution is 2.26. The molecule has 0 saturated heterocycles. The van der Waals surface area contributed by atoms with Crippen molar-refractivity contribution in [1.29, 1.82) is 0 Å². The molecule has 0 atom stereocenters. The van der Waals surface area contributed by atoms with Gasteiger partial charge in [-0.25, -0.2) is 0 Å². The first-order chi connectivity index (χ1) is 6.24. The minimum Gasteiger partial charge on any atom is -0.357 e. The van der Waals surface area contributed by atoms with Crippen LogP contribution in [0.2, 0.25) is 0 Å². The van der Waals surface area contributed by atoms with E-state index in [0.29, 0.717) is 0 Å². The Bertz CT molecular complexity index is 271. The Kier molecular flexibility index (Phi) is 2.40. The predicted molar refractivity (Wildman–Crippen MR) is 54.4 cm³/mol. The first-order valence-corrected chi connectivity index (χ1v) is 5.08. The van der Waals surface area contributed by atoms with Crippen molar-refractivity contribution in [3.05, 3.63) is 24.0 Å². The largest absolute Gasteiger partial charge is 0.357 e. The van der Waals surface area contributed by atoms with E-state index >= 15 is 0 Å². The van der Waals surface area contributed by atoms with Gasteiger partial charge in [-0.2, -0.15) is 0 Å². The zero-order valence-corrected chi connectivity index (χ0v) is 8.46. The maximum atomic E-state index is 3.57. The Morgan fingerprint density at radius 3 is 2.85 bits per heavy atom. The molecule has 72 valence electrons. The SMILES string of the molecule is CC1CC(NCc2ccn(C)c2)C1. The summed E-state index contributed by atoms with van der Waals surface area (Å²) < 4.78 is 2.10. The molecule has 1 heterocycles. The quantitative estimate of drug-likeness (QED) is 0.748. The number of nitrogens with zero attached hydrogens (tertiary/aromatic N) is 1. The molecule has 2 heteroatoms. The third-order valence-corrected chi connectivity index (χ3v) is 2.86. The van der Waals surface area contributed by atoms with E-state index in [4.69, 9.17) is 0 Å². The Morgan fingerprint density at radius 1 is 1.54 bits per heavy atom. The van der Waals surface area contributed by atoms with Crippen molar-refractivity contribution in [2.75, 3.05) is 0 Å². The van der Waals surface area contributed by atoms with E-state index in [-0.39, 0.29) is 0 Å². The van der Waals surface area contributed by atoms with E-state index in [9.17, 15) is 0 Å². The minimum absolute atomic E-state index is 0.773. The lowest BCUT2D eigenvalue weighted by molar-refractivity contribution is 0.240. The highest BCUT2D eigenvalue weighted by atomic mass is 14.9. The van der Waals surface area contributed by atoms with Gasteiger partial charge in [0.15, 0.2) is 0 Å². The van der Waals surface area contributed by atoms with Crippen LogP contribution in [-0.2, 0) is 13.6 Å². The molecule has 1 N–H and O–H groups in total. The molecule has 0 radical (unpaired) electrons. The molecule has 2 nitrogen and oxygen atoms in total. The zero-order valence-electron chi connectivity index (χ0n) is 8.46. The molecule has 0 aliphatic heterocycles. The fraction of sp³-hybridized carbons (Fsp3) is 0.636. The second-order valence-corrected chi connectivity index (χ2v) is 4.34. The van der Waals surface area contributed by atoms with Crippen LogP contribution in [-0.4, -0.2) is 10.6 Å². The van der Waals surface area contributed by atoms with E-state index < -0.39 is 0 Å². The van der Waals surface area contributed by atoms with Crippen LogP contribution in [0.3, 0.4) is 0 Å². The van der Waals surface area contributed by atoms with Gasteiger partial charge in [-0.15, -0.1) is 0 Å². The Labute approximate surface area is 79.9 Å². The summed E-state index contributed by atoms with van der Waals surface area (Å²) in [5.41, 5.74) is 1.39. The first-order valence-electron chi connectivity index (χ1n) is 5.08. The molecule has 1 aromatic heterocycles. The normalized spacial score (nSPS) is 27.2. The number of nitrogens with one attached hydrogen (secondary N) is 1. The molecule has 1 aliphatic rings. The summed E-state index contributed by atoms with van der Waals surface area (Å²) >= 11 is 0. The highest BCUT2D eigenvalue weighted by Gasteiger charge is 2.24. The van der Waals surface area contributed by atoms with Crippen molar-refractivity contribution in [2.24, 2.45) is 13.0 Å². The Hall–Kier alpha value is -0.760. The lowest BCUT2D eigenvalue weighted by Crippen LogP contribution is -2.39. The number of hydrogen-bond donors (Lipinski definition) is 1. The maximum absolute atomic E-state index is 3.57. The van der Waals surface area contributed by atoms with Crippen LogP contribution in [0.25, 0.3) is 0 Å². The van der Waals surface area contributed by atoms with Crippen LogP contribution in [0.4, 0.5) is 0 Å². The molecule has 0 unspecified atom stereocenters. The van der Waals surface area contributed by atoms with Crippen LogP contribution in [0, 0.1) is 5.92 Å². The summed E-state index contributed by atoms with van der Waals surface area (Å²) in [7, 11) is 2.06. The van der Waals surface area contributed by atoms with E-state index in [1.54, 1.807) is 0 Å². The van der Waals surface area contributed by atoms with Crippen molar-refractivity contribution >= 4 is 0 Å². The zero-order chi connectivity index (χ0) is 9.26. The summed E-state index contributed by atoms with van der Waals surface area (Å²) in [6.07, 6.45) is 6.98. The van der Waals surface area contributed by atoms with Gasteiger partial charge < -0.3 is 9.88 Å². The van der Waals surface area contributed by atoms with Gasteiger partial charge in [-0.1, -0.05) is 6.92 Å². The van der Waals surface area contributed by atoms with Crippen LogP contribution < -0.4 is 5.32 Å². The second-order valence-electron chi connectivity index (χ2n) is 4.34. The van der Waals surface area contributed by atoms with Crippen LogP contribution >= 0.6 is 0 Å². The minimum atomic E-state index is 0.773. The smallest absolute Gasteiger partial charge is 0.0223 e. The van der Waals surface area contributed by atoms with Crippen molar-refractivity contribution in [2.45, 2.75) is 32.4 Å². The van der Waals surface area contributed by atoms with Crippen molar-refractivity contribution in [3.8, 4) is 0 Å². The van der Waals surface area contributed by atoms with Gasteiger partial charge in [0.25, 0.3) is 0 Å². The monoisotopic (exact) mass is 178 g/mol. The summed E-state index contributed by atoms with van der Waals surface area (Å²) in [6.45, 7) is 3.35. The molecule has 1 aliphatic carbocycles. The van der Waals surface area contributed by atoms with Crippen molar-refractivity contribution in [1.82, 2.24) is 9.88 Å². The molecular formula is C11H18N2. The van der Waals surface area contributed by atoms with Crippen molar-refractivity contribution < 1.29 is 0 Å². The Morgan fingerprint density at radius 2 is 2.31 bits per heavy atom. The molecule has 1 fully saturated rings. The molecular weight excluding hydrogens is 160 g/mol. The molecule has 0 amide bonds. The molecule has 0 bridgehead atoms. The van der Waals surface area contributed by atoms with Gasteiger partial charge in [0.05, 0.1) is 0 Å². The van der Waals surface area contributed by atoms with Gasteiger partial charge in [-0.05, 0) is 30.4 Å². The summed E-state index contributed by atoms with van der Waals surface area (Å²) in [6, 6.07) is 2.95. The van der Waals surface area contributed by atoms with Gasteiger partial charge in [0.1, 0.15) is 0 Å². The molecule has 13 heavy (non-hydrogen) atoms. The van der Waals surface area contributed by atoms with E-state index in [2.05, 4.69) is 42.3 Å². The standard InChI is InChI=1S/C11H18N2/c1-9-5-11(6-9)12-7-10-3-4-13(2)8-10/h3-4,8-9,11-12H,5-7H2,1-2H3. The predicted octanol–water partition coefficient (Wildman–Crippen LogP) is 1.91. The van der Waals surface area contributed by atoms with Crippen LogP contribution in [0.15, 0.2) is 18.5 Å². The average Bonchev–Trinajstić information content (AvgIpc) is 2.43. The molecule has 1 aromatic rings. The molecule has 0 spiro atoms. The molecule has 0 aromatic carbocycles.